The molecule has 4 rings (SSSR count). The summed E-state index contributed by atoms with van der Waals surface area (Å²) in [5.41, 5.74) is 8.30. The van der Waals surface area contributed by atoms with Gasteiger partial charge in [-0.3, -0.25) is 4.79 Å². The largest absolute Gasteiger partial charge is 0.508 e. The Morgan fingerprint density at radius 3 is 2.65 bits per heavy atom. The lowest BCUT2D eigenvalue weighted by molar-refractivity contribution is -0.131. The van der Waals surface area contributed by atoms with Crippen molar-refractivity contribution in [3.63, 3.8) is 0 Å². The maximum atomic E-state index is 13.4. The van der Waals surface area contributed by atoms with Gasteiger partial charge >= 0.3 is 0 Å². The van der Waals surface area contributed by atoms with Crippen LogP contribution in [0.4, 0.5) is 0 Å². The fraction of sp³-hybridized carbons (Fsp3) is 0.458. The molecule has 2 aliphatic rings. The van der Waals surface area contributed by atoms with Crippen molar-refractivity contribution in [2.45, 2.75) is 37.9 Å². The third-order valence-corrected chi connectivity index (χ3v) is 6.11. The van der Waals surface area contributed by atoms with Crippen LogP contribution in [0.5, 0.6) is 11.5 Å². The number of carbonyl (C=O) groups is 1. The van der Waals surface area contributed by atoms with Crippen molar-refractivity contribution < 1.29 is 19.4 Å². The highest BCUT2D eigenvalue weighted by Crippen LogP contribution is 2.48. The molecule has 0 aliphatic carbocycles. The Kier molecular flexibility index (Phi) is 6.75. The van der Waals surface area contributed by atoms with E-state index < -0.39 is 0 Å². The van der Waals surface area contributed by atoms with Crippen LogP contribution >= 0.6 is 0 Å². The first-order valence-corrected chi connectivity index (χ1v) is 11.0. The molecule has 2 saturated heterocycles. The van der Waals surface area contributed by atoms with Gasteiger partial charge in [0.2, 0.25) is 5.91 Å². The average Bonchev–Trinajstić information content (AvgIpc) is 3.32. The number of ether oxygens (including phenoxy) is 2. The number of aromatic hydroxyl groups is 1. The first kappa shape index (κ1) is 21.6. The summed E-state index contributed by atoms with van der Waals surface area (Å²) in [6, 6.07) is 14.6. The summed E-state index contributed by atoms with van der Waals surface area (Å²) in [6.07, 6.45) is 1.70. The van der Waals surface area contributed by atoms with Gasteiger partial charge in [-0.15, -0.1) is 0 Å². The van der Waals surface area contributed by atoms with E-state index in [0.717, 1.165) is 29.7 Å². The molecule has 2 heterocycles. The molecule has 2 fully saturated rings. The van der Waals surface area contributed by atoms with Crippen LogP contribution < -0.4 is 15.6 Å². The molecule has 0 saturated carbocycles. The fourth-order valence-corrected chi connectivity index (χ4v) is 4.75. The Morgan fingerprint density at radius 2 is 1.87 bits per heavy atom. The molecule has 166 valence electrons. The molecule has 0 bridgehead atoms. The quantitative estimate of drug-likeness (QED) is 0.536. The van der Waals surface area contributed by atoms with Crippen LogP contribution in [-0.4, -0.2) is 48.8 Å². The van der Waals surface area contributed by atoms with Crippen molar-refractivity contribution in [3.05, 3.63) is 59.7 Å². The predicted molar refractivity (Wildman–Crippen MR) is 118 cm³/mol. The summed E-state index contributed by atoms with van der Waals surface area (Å²) in [7, 11) is 1.67. The van der Waals surface area contributed by atoms with Crippen LogP contribution in [0.3, 0.4) is 0 Å². The smallest absolute Gasteiger partial charge is 0.242 e. The zero-order valence-electron chi connectivity index (χ0n) is 18.1. The minimum Gasteiger partial charge on any atom is -0.508 e. The number of rotatable bonds is 9. The normalized spacial score (nSPS) is 25.1. The fourth-order valence-electron chi connectivity index (χ4n) is 4.75. The number of carbonyl (C=O) groups excluding carboxylic acids is 1. The number of para-hydroxylation sites is 1. The average molecular weight is 426 g/mol. The molecule has 1 amide bonds. The summed E-state index contributed by atoms with van der Waals surface area (Å²) in [5, 5.41) is 10.5. The highest BCUT2D eigenvalue weighted by atomic mass is 16.5. The van der Waals surface area contributed by atoms with Gasteiger partial charge in [-0.25, -0.2) is 10.9 Å². The lowest BCUT2D eigenvalue weighted by atomic mass is 9.83. The minimum absolute atomic E-state index is 0.0661. The number of benzene rings is 2. The number of hydrogen-bond acceptors (Lipinski definition) is 6. The molecule has 4 atom stereocenters. The molecule has 2 aromatic rings. The number of hydrazine groups is 1. The van der Waals surface area contributed by atoms with E-state index >= 15 is 0 Å². The Bertz CT molecular complexity index is 906. The standard InChI is InChI=1S/C24H31N3O4/c1-3-13-31-17-9-6-8-16(15-17)23-20-21(18-10-4-5-11-19(18)28)25-26-22(20)24(29)27(23)12-7-14-30-2/h4-6,8-11,15,20-23,25-26,28H,3,7,12-14H2,1-2H3. The zero-order valence-corrected chi connectivity index (χ0v) is 18.1. The summed E-state index contributed by atoms with van der Waals surface area (Å²) < 4.78 is 11.1. The molecule has 3 N–H and O–H groups in total. The number of methoxy groups -OCH3 is 1. The minimum atomic E-state index is -0.364. The van der Waals surface area contributed by atoms with Crippen molar-refractivity contribution >= 4 is 5.91 Å². The van der Waals surface area contributed by atoms with E-state index in [9.17, 15) is 9.90 Å². The van der Waals surface area contributed by atoms with Gasteiger partial charge in [0.05, 0.1) is 18.7 Å². The molecule has 0 aromatic heterocycles. The van der Waals surface area contributed by atoms with Crippen LogP contribution in [-0.2, 0) is 9.53 Å². The van der Waals surface area contributed by atoms with Gasteiger partial charge in [-0.2, -0.15) is 0 Å². The van der Waals surface area contributed by atoms with E-state index in [0.29, 0.717) is 19.8 Å². The first-order valence-electron chi connectivity index (χ1n) is 11.0. The summed E-state index contributed by atoms with van der Waals surface area (Å²) in [5.74, 6) is 1.03. The number of likely N-dealkylation sites (tertiary alicyclic amines) is 1. The third kappa shape index (κ3) is 4.26. The molecule has 0 radical (unpaired) electrons. The number of hydrogen-bond donors (Lipinski definition) is 3. The maximum absolute atomic E-state index is 13.4. The van der Waals surface area contributed by atoms with Gasteiger partial charge in [-0.1, -0.05) is 37.3 Å². The lowest BCUT2D eigenvalue weighted by Gasteiger charge is -2.31. The molecule has 7 heteroatoms. The van der Waals surface area contributed by atoms with E-state index in [1.165, 1.54) is 0 Å². The van der Waals surface area contributed by atoms with Crippen LogP contribution in [0.2, 0.25) is 0 Å². The number of nitrogens with zero attached hydrogens (tertiary/aromatic N) is 1. The Morgan fingerprint density at radius 1 is 1.06 bits per heavy atom. The van der Waals surface area contributed by atoms with Crippen molar-refractivity contribution in [2.24, 2.45) is 5.92 Å². The van der Waals surface area contributed by atoms with E-state index in [-0.39, 0.29) is 35.7 Å². The highest BCUT2D eigenvalue weighted by molar-refractivity contribution is 5.86. The molecular weight excluding hydrogens is 394 g/mol. The van der Waals surface area contributed by atoms with Crippen molar-refractivity contribution in [3.8, 4) is 11.5 Å². The van der Waals surface area contributed by atoms with E-state index in [4.69, 9.17) is 9.47 Å². The van der Waals surface area contributed by atoms with Crippen LogP contribution in [0, 0.1) is 5.92 Å². The molecule has 0 spiro atoms. The van der Waals surface area contributed by atoms with Crippen molar-refractivity contribution in [2.75, 3.05) is 26.9 Å². The summed E-state index contributed by atoms with van der Waals surface area (Å²) >= 11 is 0. The zero-order chi connectivity index (χ0) is 21.8. The molecule has 7 nitrogen and oxygen atoms in total. The van der Waals surface area contributed by atoms with Gasteiger partial charge in [0.15, 0.2) is 0 Å². The molecular formula is C24H31N3O4. The summed E-state index contributed by atoms with van der Waals surface area (Å²) in [6.45, 7) is 3.94. The van der Waals surface area contributed by atoms with Gasteiger partial charge < -0.3 is 19.5 Å². The molecule has 4 unspecified atom stereocenters. The second kappa shape index (κ2) is 9.68. The Hall–Kier alpha value is -2.61. The third-order valence-electron chi connectivity index (χ3n) is 6.11. The van der Waals surface area contributed by atoms with E-state index in [2.05, 4.69) is 23.8 Å². The second-order valence-electron chi connectivity index (χ2n) is 8.12. The lowest BCUT2D eigenvalue weighted by Crippen LogP contribution is -2.41. The molecule has 2 aromatic carbocycles. The molecule has 2 aliphatic heterocycles. The number of fused-ring (bicyclic) bond motifs is 1. The van der Waals surface area contributed by atoms with Gasteiger partial charge in [0.25, 0.3) is 0 Å². The van der Waals surface area contributed by atoms with Gasteiger partial charge in [0, 0.05) is 31.7 Å². The monoisotopic (exact) mass is 425 g/mol. The first-order chi connectivity index (χ1) is 15.2. The van der Waals surface area contributed by atoms with Crippen molar-refractivity contribution in [1.29, 1.82) is 0 Å². The van der Waals surface area contributed by atoms with Crippen molar-refractivity contribution in [1.82, 2.24) is 15.8 Å². The molecule has 31 heavy (non-hydrogen) atoms. The SMILES string of the molecule is CCCOc1cccc(C2C3C(NNC3c3ccccc3O)C(=O)N2CCCOC)c1. The van der Waals surface area contributed by atoms with Crippen LogP contribution in [0.25, 0.3) is 0 Å². The topological polar surface area (TPSA) is 83.1 Å². The van der Waals surface area contributed by atoms with E-state index in [1.807, 2.05) is 41.3 Å². The number of nitrogens with one attached hydrogen (secondary N) is 2. The predicted octanol–water partition coefficient (Wildman–Crippen LogP) is 2.93. The Labute approximate surface area is 183 Å². The van der Waals surface area contributed by atoms with Gasteiger partial charge in [0.1, 0.15) is 17.5 Å². The highest BCUT2D eigenvalue weighted by Gasteiger charge is 2.55. The number of amides is 1. The second-order valence-corrected chi connectivity index (χ2v) is 8.12. The number of phenolic OH excluding ortho intramolecular Hbond substituents is 1. The van der Waals surface area contributed by atoms with Crippen LogP contribution in [0.15, 0.2) is 48.5 Å². The number of phenols is 1. The van der Waals surface area contributed by atoms with E-state index in [1.54, 1.807) is 13.2 Å². The van der Waals surface area contributed by atoms with Gasteiger partial charge in [-0.05, 0) is 36.6 Å². The summed E-state index contributed by atoms with van der Waals surface area (Å²) in [4.78, 5) is 15.3. The maximum Gasteiger partial charge on any atom is 0.242 e. The van der Waals surface area contributed by atoms with Crippen LogP contribution in [0.1, 0.15) is 43.0 Å². The Balaban J connectivity index is 1.71.